The zero-order chi connectivity index (χ0) is 13.1. The maximum Gasteiger partial charge on any atom is 0.251 e. The quantitative estimate of drug-likeness (QED) is 0.390. The lowest BCUT2D eigenvalue weighted by atomic mass is 10.2. The summed E-state index contributed by atoms with van der Waals surface area (Å²) in [4.78, 5) is 11.2. The second-order valence-corrected chi connectivity index (χ2v) is 5.38. The number of nitrogens with one attached hydrogen (secondary N) is 2. The van der Waals surface area contributed by atoms with Gasteiger partial charge in [-0.15, -0.1) is 0 Å². The lowest BCUT2D eigenvalue weighted by Crippen LogP contribution is -2.47. The van der Waals surface area contributed by atoms with Crippen molar-refractivity contribution >= 4 is 15.9 Å². The largest absolute Gasteiger partial charge is 0.293 e. The van der Waals surface area contributed by atoms with Crippen molar-refractivity contribution in [1.29, 1.82) is 0 Å². The molecule has 1 rings (SSSR count). The van der Waals surface area contributed by atoms with Crippen molar-refractivity contribution in [3.05, 3.63) is 29.8 Å². The second kappa shape index (κ2) is 5.26. The van der Waals surface area contributed by atoms with Crippen LogP contribution >= 0.6 is 0 Å². The van der Waals surface area contributed by atoms with Crippen LogP contribution in [0.3, 0.4) is 0 Å². The Morgan fingerprint density at radius 3 is 2.29 bits per heavy atom. The molecule has 7 heteroatoms. The Kier molecular flexibility index (Phi) is 4.22. The molecule has 0 saturated carbocycles. The van der Waals surface area contributed by atoms with Gasteiger partial charge >= 0.3 is 0 Å². The van der Waals surface area contributed by atoms with E-state index in [0.29, 0.717) is 0 Å². The monoisotopic (exact) mass is 257 g/mol. The highest BCUT2D eigenvalue weighted by Gasteiger charge is 2.21. The third-order valence-electron chi connectivity index (χ3n) is 2.20. The van der Waals surface area contributed by atoms with Crippen molar-refractivity contribution in [2.75, 3.05) is 0 Å². The summed E-state index contributed by atoms with van der Waals surface area (Å²) in [5, 5.41) is 0. The SMILES string of the molecule is Cc1ccc(S(=O)(=O)NC(C)C(=O)NN)cc1. The van der Waals surface area contributed by atoms with Gasteiger partial charge in [-0.1, -0.05) is 17.7 Å². The summed E-state index contributed by atoms with van der Waals surface area (Å²) in [6, 6.07) is 5.39. The van der Waals surface area contributed by atoms with Crippen LogP contribution in [0.15, 0.2) is 29.2 Å². The van der Waals surface area contributed by atoms with Gasteiger partial charge in [-0.25, -0.2) is 14.3 Å². The van der Waals surface area contributed by atoms with Gasteiger partial charge in [0.1, 0.15) is 0 Å². The van der Waals surface area contributed by atoms with Gasteiger partial charge in [0.05, 0.1) is 10.9 Å². The van der Waals surface area contributed by atoms with E-state index in [1.165, 1.54) is 19.1 Å². The Morgan fingerprint density at radius 2 is 1.82 bits per heavy atom. The average molecular weight is 257 g/mol. The molecule has 0 bridgehead atoms. The number of rotatable bonds is 4. The van der Waals surface area contributed by atoms with E-state index in [1.807, 2.05) is 12.3 Å². The molecule has 0 fully saturated rings. The van der Waals surface area contributed by atoms with E-state index < -0.39 is 22.0 Å². The molecule has 1 atom stereocenters. The molecule has 0 heterocycles. The van der Waals surface area contributed by atoms with Crippen LogP contribution in [0.1, 0.15) is 12.5 Å². The molecule has 1 aromatic carbocycles. The van der Waals surface area contributed by atoms with E-state index in [4.69, 9.17) is 5.84 Å². The zero-order valence-electron chi connectivity index (χ0n) is 9.60. The van der Waals surface area contributed by atoms with Crippen LogP contribution in [0.2, 0.25) is 0 Å². The molecule has 0 aliphatic carbocycles. The molecule has 0 aliphatic rings. The van der Waals surface area contributed by atoms with Crippen molar-refractivity contribution < 1.29 is 13.2 Å². The predicted molar refractivity (Wildman–Crippen MR) is 63.3 cm³/mol. The number of aryl methyl sites for hydroxylation is 1. The molecule has 0 saturated heterocycles. The standard InChI is InChI=1S/C10H15N3O3S/c1-7-3-5-9(6-4-7)17(15,16)13-8(2)10(14)12-11/h3-6,8,13H,11H2,1-2H3,(H,12,14). The van der Waals surface area contributed by atoms with Crippen molar-refractivity contribution in [3.8, 4) is 0 Å². The van der Waals surface area contributed by atoms with Gasteiger partial charge in [-0.3, -0.25) is 10.2 Å². The summed E-state index contributed by atoms with van der Waals surface area (Å²) >= 11 is 0. The molecular formula is C10H15N3O3S. The molecule has 94 valence electrons. The smallest absolute Gasteiger partial charge is 0.251 e. The summed E-state index contributed by atoms with van der Waals surface area (Å²) in [6.45, 7) is 3.27. The summed E-state index contributed by atoms with van der Waals surface area (Å²) in [5.41, 5.74) is 2.84. The van der Waals surface area contributed by atoms with Crippen molar-refractivity contribution in [2.24, 2.45) is 5.84 Å². The minimum atomic E-state index is -3.70. The van der Waals surface area contributed by atoms with Crippen LogP contribution < -0.4 is 16.0 Å². The fourth-order valence-electron chi connectivity index (χ4n) is 1.20. The van der Waals surface area contributed by atoms with E-state index >= 15 is 0 Å². The Bertz CT molecular complexity index is 496. The van der Waals surface area contributed by atoms with Crippen LogP contribution in [0.25, 0.3) is 0 Å². The summed E-state index contributed by atoms with van der Waals surface area (Å²) < 4.78 is 25.9. The van der Waals surface area contributed by atoms with Gasteiger partial charge in [-0.2, -0.15) is 4.72 Å². The number of sulfonamides is 1. The van der Waals surface area contributed by atoms with Crippen LogP contribution in [-0.2, 0) is 14.8 Å². The number of carbonyl (C=O) groups is 1. The molecule has 1 unspecified atom stereocenters. The van der Waals surface area contributed by atoms with E-state index in [0.717, 1.165) is 5.56 Å². The van der Waals surface area contributed by atoms with Gasteiger partial charge < -0.3 is 0 Å². The zero-order valence-corrected chi connectivity index (χ0v) is 10.4. The highest BCUT2D eigenvalue weighted by molar-refractivity contribution is 7.89. The number of hydrogen-bond acceptors (Lipinski definition) is 4. The number of carbonyl (C=O) groups excluding carboxylic acids is 1. The number of nitrogens with two attached hydrogens (primary N) is 1. The van der Waals surface area contributed by atoms with Crippen LogP contribution in [-0.4, -0.2) is 20.4 Å². The summed E-state index contributed by atoms with van der Waals surface area (Å²) in [5.74, 6) is 4.32. The molecule has 4 N–H and O–H groups in total. The topological polar surface area (TPSA) is 101 Å². The normalized spacial score (nSPS) is 13.1. The lowest BCUT2D eigenvalue weighted by molar-refractivity contribution is -0.122. The highest BCUT2D eigenvalue weighted by Crippen LogP contribution is 2.10. The fraction of sp³-hybridized carbons (Fsp3) is 0.300. The molecular weight excluding hydrogens is 242 g/mol. The third-order valence-corrected chi connectivity index (χ3v) is 3.76. The molecule has 0 aromatic heterocycles. The van der Waals surface area contributed by atoms with E-state index in [2.05, 4.69) is 4.72 Å². The van der Waals surface area contributed by atoms with Crippen LogP contribution in [0.4, 0.5) is 0 Å². The minimum Gasteiger partial charge on any atom is -0.293 e. The van der Waals surface area contributed by atoms with Crippen LogP contribution in [0, 0.1) is 6.92 Å². The Labute approximate surface area is 100 Å². The predicted octanol–water partition coefficient (Wildman–Crippen LogP) is -0.348. The van der Waals surface area contributed by atoms with Crippen molar-refractivity contribution in [1.82, 2.24) is 10.1 Å². The third kappa shape index (κ3) is 3.52. The second-order valence-electron chi connectivity index (χ2n) is 3.66. The maximum absolute atomic E-state index is 11.8. The number of hydrogen-bond donors (Lipinski definition) is 3. The van der Waals surface area contributed by atoms with E-state index in [9.17, 15) is 13.2 Å². The number of hydrazine groups is 1. The van der Waals surface area contributed by atoms with Gasteiger partial charge in [0.2, 0.25) is 10.0 Å². The summed E-state index contributed by atoms with van der Waals surface area (Å²) in [6.07, 6.45) is 0. The minimum absolute atomic E-state index is 0.111. The van der Waals surface area contributed by atoms with Gasteiger partial charge in [-0.05, 0) is 26.0 Å². The van der Waals surface area contributed by atoms with Gasteiger partial charge in [0.15, 0.2) is 0 Å². The highest BCUT2D eigenvalue weighted by atomic mass is 32.2. The molecule has 1 aromatic rings. The first-order chi connectivity index (χ1) is 7.86. The van der Waals surface area contributed by atoms with Gasteiger partial charge in [0, 0.05) is 0 Å². The molecule has 0 aliphatic heterocycles. The maximum atomic E-state index is 11.8. The molecule has 0 radical (unpaired) electrons. The van der Waals surface area contributed by atoms with Crippen molar-refractivity contribution in [3.63, 3.8) is 0 Å². The molecule has 0 spiro atoms. The molecule has 6 nitrogen and oxygen atoms in total. The van der Waals surface area contributed by atoms with Crippen molar-refractivity contribution in [2.45, 2.75) is 24.8 Å². The molecule has 17 heavy (non-hydrogen) atoms. The van der Waals surface area contributed by atoms with Crippen LogP contribution in [0.5, 0.6) is 0 Å². The van der Waals surface area contributed by atoms with Gasteiger partial charge in [0.25, 0.3) is 5.91 Å². The molecule has 1 amide bonds. The first kappa shape index (κ1) is 13.6. The first-order valence-electron chi connectivity index (χ1n) is 4.96. The number of amides is 1. The van der Waals surface area contributed by atoms with E-state index in [-0.39, 0.29) is 4.90 Å². The Balaban J connectivity index is 2.89. The average Bonchev–Trinajstić information content (AvgIpc) is 2.27. The Hall–Kier alpha value is -1.44. The van der Waals surface area contributed by atoms with E-state index in [1.54, 1.807) is 12.1 Å². The number of benzene rings is 1. The Morgan fingerprint density at radius 1 is 1.29 bits per heavy atom. The fourth-order valence-corrected chi connectivity index (χ4v) is 2.40. The first-order valence-corrected chi connectivity index (χ1v) is 6.44. The summed E-state index contributed by atoms with van der Waals surface area (Å²) in [7, 11) is -3.70. The lowest BCUT2D eigenvalue weighted by Gasteiger charge is -2.12.